The van der Waals surface area contributed by atoms with Gasteiger partial charge in [0.25, 0.3) is 0 Å². The Balaban J connectivity index is 1.83. The molecule has 3 rings (SSSR count). The van der Waals surface area contributed by atoms with Gasteiger partial charge in [-0.05, 0) is 30.0 Å². The van der Waals surface area contributed by atoms with E-state index in [0.29, 0.717) is 5.75 Å². The zero-order chi connectivity index (χ0) is 17.3. The van der Waals surface area contributed by atoms with Gasteiger partial charge in [-0.25, -0.2) is 0 Å². The molecule has 2 aliphatic rings. The molecule has 1 fully saturated rings. The maximum Gasteiger partial charge on any atom is 0.313 e. The van der Waals surface area contributed by atoms with Gasteiger partial charge in [-0.2, -0.15) is 0 Å². The molecule has 2 unspecified atom stereocenters. The highest BCUT2D eigenvalue weighted by Crippen LogP contribution is 2.39. The lowest BCUT2D eigenvalue weighted by atomic mass is 9.78. The molecule has 24 heavy (non-hydrogen) atoms. The Hall–Kier alpha value is -2.01. The van der Waals surface area contributed by atoms with Gasteiger partial charge in [0.2, 0.25) is 6.79 Å². The molecule has 130 valence electrons. The summed E-state index contributed by atoms with van der Waals surface area (Å²) in [6.07, 6.45) is 5.04. The van der Waals surface area contributed by atoms with Crippen molar-refractivity contribution in [1.29, 1.82) is 0 Å². The molecule has 0 radical (unpaired) electrons. The van der Waals surface area contributed by atoms with Gasteiger partial charge in [-0.1, -0.05) is 32.1 Å². The van der Waals surface area contributed by atoms with Crippen molar-refractivity contribution >= 4 is 5.97 Å². The van der Waals surface area contributed by atoms with Crippen LogP contribution in [0.4, 0.5) is 0 Å². The maximum absolute atomic E-state index is 12.0. The van der Waals surface area contributed by atoms with E-state index in [-0.39, 0.29) is 24.2 Å². The van der Waals surface area contributed by atoms with Crippen LogP contribution in [0.15, 0.2) is 30.4 Å². The molecule has 5 nitrogen and oxygen atoms in total. The largest absolute Gasteiger partial charge is 0.481 e. The fourth-order valence-electron chi connectivity index (χ4n) is 4.09. The Bertz CT molecular complexity index is 653. The van der Waals surface area contributed by atoms with Crippen LogP contribution in [0.2, 0.25) is 0 Å². The van der Waals surface area contributed by atoms with Crippen molar-refractivity contribution in [2.24, 2.45) is 11.3 Å². The molecule has 0 spiro atoms. The molecule has 2 aliphatic heterocycles. The third-order valence-corrected chi connectivity index (χ3v) is 5.08. The number of carboxylic acid groups (broad SMARTS) is 1. The number of nitrogens with two attached hydrogens (primary N) is 1. The van der Waals surface area contributed by atoms with E-state index in [1.165, 1.54) is 0 Å². The van der Waals surface area contributed by atoms with Crippen molar-refractivity contribution < 1.29 is 24.7 Å². The number of rotatable bonds is 5. The summed E-state index contributed by atoms with van der Waals surface area (Å²) in [6.45, 7) is 7.34. The Kier molecular flexibility index (Phi) is 4.54. The fourth-order valence-corrected chi connectivity index (χ4v) is 4.09. The molecule has 5 heteroatoms. The molecular weight excluding hydrogens is 306 g/mol. The van der Waals surface area contributed by atoms with Gasteiger partial charge in [0.15, 0.2) is 11.5 Å². The second kappa shape index (κ2) is 6.48. The molecule has 0 aromatic heterocycles. The number of hydrogen-bond donors (Lipinski definition) is 2. The Labute approximate surface area is 142 Å². The molecule has 0 bridgehead atoms. The van der Waals surface area contributed by atoms with Crippen LogP contribution in [0.1, 0.15) is 38.7 Å². The first kappa shape index (κ1) is 16.8. The minimum Gasteiger partial charge on any atom is -0.481 e. The molecule has 3 atom stereocenters. The molecule has 2 heterocycles. The van der Waals surface area contributed by atoms with E-state index >= 15 is 0 Å². The summed E-state index contributed by atoms with van der Waals surface area (Å²) in [6, 6.07) is 5.87. The molecule has 1 aromatic rings. The molecule has 1 saturated heterocycles. The topological polar surface area (TPSA) is 72.4 Å². The number of carboxylic acids is 1. The van der Waals surface area contributed by atoms with Gasteiger partial charge >= 0.3 is 5.97 Å². The van der Waals surface area contributed by atoms with Gasteiger partial charge in [0.05, 0.1) is 12.5 Å². The molecule has 0 saturated carbocycles. The Morgan fingerprint density at radius 2 is 2.12 bits per heavy atom. The molecule has 0 amide bonds. The summed E-state index contributed by atoms with van der Waals surface area (Å²) in [7, 11) is 0. The second-order valence-electron chi connectivity index (χ2n) is 7.41. The molecule has 3 N–H and O–H groups in total. The average molecular weight is 332 g/mol. The highest BCUT2D eigenvalue weighted by Gasteiger charge is 2.47. The molecular formula is C19H26NO4+. The standard InChI is InChI=1S/C19H25NO4/c1-4-7-19(2,3)9-14-17(18(21)22)13(10-20-14)12-5-6-15-16(8-12)24-11-23-15/h4-8,13-14,17,20H,9-11H2,1-3H3,(H,21,22)/p+1/b7-4+/t13?,14?,17-/m1/s1. The third-order valence-electron chi connectivity index (χ3n) is 5.08. The fraction of sp³-hybridized carbons (Fsp3) is 0.526. The van der Waals surface area contributed by atoms with E-state index in [1.54, 1.807) is 0 Å². The van der Waals surface area contributed by atoms with Crippen molar-refractivity contribution in [3.8, 4) is 11.5 Å². The zero-order valence-electron chi connectivity index (χ0n) is 14.5. The van der Waals surface area contributed by atoms with Crippen molar-refractivity contribution in [1.82, 2.24) is 0 Å². The van der Waals surface area contributed by atoms with Gasteiger partial charge in [0.1, 0.15) is 12.0 Å². The van der Waals surface area contributed by atoms with E-state index in [9.17, 15) is 9.90 Å². The predicted octanol–water partition coefficient (Wildman–Crippen LogP) is 2.14. The van der Waals surface area contributed by atoms with Crippen molar-refractivity contribution in [2.75, 3.05) is 13.3 Å². The predicted molar refractivity (Wildman–Crippen MR) is 90.2 cm³/mol. The quantitative estimate of drug-likeness (QED) is 0.810. The van der Waals surface area contributed by atoms with Crippen LogP contribution in [0.5, 0.6) is 11.5 Å². The number of fused-ring (bicyclic) bond motifs is 1. The minimum atomic E-state index is -0.715. The van der Waals surface area contributed by atoms with E-state index < -0.39 is 11.9 Å². The maximum atomic E-state index is 12.0. The van der Waals surface area contributed by atoms with Gasteiger partial charge < -0.3 is 19.9 Å². The van der Waals surface area contributed by atoms with E-state index in [4.69, 9.17) is 9.47 Å². The first-order chi connectivity index (χ1) is 11.4. The molecule has 0 aliphatic carbocycles. The summed E-state index contributed by atoms with van der Waals surface area (Å²) in [4.78, 5) is 12.0. The summed E-state index contributed by atoms with van der Waals surface area (Å²) in [5.74, 6) is 0.332. The second-order valence-corrected chi connectivity index (χ2v) is 7.41. The Morgan fingerprint density at radius 3 is 2.83 bits per heavy atom. The van der Waals surface area contributed by atoms with Crippen LogP contribution in [0, 0.1) is 11.3 Å². The van der Waals surface area contributed by atoms with Crippen molar-refractivity contribution in [3.05, 3.63) is 35.9 Å². The number of aliphatic carboxylic acids is 1. The lowest BCUT2D eigenvalue weighted by Gasteiger charge is -2.25. The summed E-state index contributed by atoms with van der Waals surface area (Å²) < 4.78 is 10.8. The van der Waals surface area contributed by atoms with Crippen molar-refractivity contribution in [3.63, 3.8) is 0 Å². The number of ether oxygens (including phenoxy) is 2. The number of carbonyl (C=O) groups is 1. The van der Waals surface area contributed by atoms with Crippen LogP contribution in [-0.4, -0.2) is 30.5 Å². The van der Waals surface area contributed by atoms with Crippen LogP contribution in [0.3, 0.4) is 0 Å². The highest BCUT2D eigenvalue weighted by molar-refractivity contribution is 5.72. The first-order valence-electron chi connectivity index (χ1n) is 8.51. The average Bonchev–Trinajstić information content (AvgIpc) is 3.11. The summed E-state index contributed by atoms with van der Waals surface area (Å²) in [5.41, 5.74) is 1.02. The van der Waals surface area contributed by atoms with E-state index in [2.05, 4.69) is 25.2 Å². The normalized spacial score (nSPS) is 26.2. The van der Waals surface area contributed by atoms with E-state index in [0.717, 1.165) is 24.3 Å². The lowest BCUT2D eigenvalue weighted by Crippen LogP contribution is -2.88. The van der Waals surface area contributed by atoms with Crippen LogP contribution < -0.4 is 14.8 Å². The van der Waals surface area contributed by atoms with Crippen LogP contribution in [-0.2, 0) is 4.79 Å². The first-order valence-corrected chi connectivity index (χ1v) is 8.51. The minimum absolute atomic E-state index is 0.00655. The van der Waals surface area contributed by atoms with Gasteiger partial charge in [-0.3, -0.25) is 4.79 Å². The monoisotopic (exact) mass is 332 g/mol. The number of quaternary nitrogens is 1. The van der Waals surface area contributed by atoms with Crippen LogP contribution in [0.25, 0.3) is 0 Å². The highest BCUT2D eigenvalue weighted by atomic mass is 16.7. The summed E-state index contributed by atoms with van der Waals surface area (Å²) in [5, 5.41) is 12.0. The lowest BCUT2D eigenvalue weighted by molar-refractivity contribution is -0.674. The van der Waals surface area contributed by atoms with Gasteiger partial charge in [-0.15, -0.1) is 0 Å². The smallest absolute Gasteiger partial charge is 0.313 e. The van der Waals surface area contributed by atoms with Crippen molar-refractivity contribution in [2.45, 2.75) is 39.2 Å². The Morgan fingerprint density at radius 1 is 1.38 bits per heavy atom. The third kappa shape index (κ3) is 3.26. The number of allylic oxidation sites excluding steroid dienone is 2. The van der Waals surface area contributed by atoms with Gasteiger partial charge in [0, 0.05) is 6.42 Å². The number of hydrogen-bond acceptors (Lipinski definition) is 3. The molecule has 1 aromatic carbocycles. The number of benzene rings is 1. The van der Waals surface area contributed by atoms with Crippen LogP contribution >= 0.6 is 0 Å². The SMILES string of the molecule is C/C=C/C(C)(C)CC1[NH2+]CC(c2ccc3c(c2)OCO3)[C@H]1C(=O)O. The zero-order valence-corrected chi connectivity index (χ0v) is 14.5. The van der Waals surface area contributed by atoms with E-state index in [1.807, 2.05) is 31.2 Å². The summed E-state index contributed by atoms with van der Waals surface area (Å²) >= 11 is 0.